The van der Waals surface area contributed by atoms with Gasteiger partial charge in [0.05, 0.1) is 5.56 Å². The van der Waals surface area contributed by atoms with Crippen LogP contribution in [0.3, 0.4) is 0 Å². The number of hydrogen-bond acceptors (Lipinski definition) is 4. The van der Waals surface area contributed by atoms with Crippen molar-refractivity contribution in [3.63, 3.8) is 0 Å². The minimum Gasteiger partial charge on any atom is -0.473 e. The molecule has 1 aromatic carbocycles. The van der Waals surface area contributed by atoms with Crippen molar-refractivity contribution in [2.75, 3.05) is 5.32 Å². The molecule has 0 aliphatic rings. The number of nitrogens with zero attached hydrogens (tertiary/aromatic N) is 2. The molecule has 0 radical (unpaired) electrons. The molecule has 134 valence electrons. The van der Waals surface area contributed by atoms with Crippen molar-refractivity contribution in [3.05, 3.63) is 83.7 Å². The standard InChI is InChI=1S/C19H16F3N3O/c20-19(21,22)16-9-5-10-23-17(16)25-12-15-8-4-11-24-18(15)26-13-14-6-2-1-3-7-14/h1-11H,12-13H2,(H,23,25). The van der Waals surface area contributed by atoms with Crippen LogP contribution in [-0.2, 0) is 19.3 Å². The average Bonchev–Trinajstić information content (AvgIpc) is 2.65. The van der Waals surface area contributed by atoms with Gasteiger partial charge in [0.1, 0.15) is 12.4 Å². The third-order valence-electron chi connectivity index (χ3n) is 3.63. The van der Waals surface area contributed by atoms with Gasteiger partial charge in [0.2, 0.25) is 5.88 Å². The number of pyridine rings is 2. The quantitative estimate of drug-likeness (QED) is 0.694. The predicted octanol–water partition coefficient (Wildman–Crippen LogP) is 4.69. The lowest BCUT2D eigenvalue weighted by Gasteiger charge is -2.14. The molecule has 0 spiro atoms. The molecule has 26 heavy (non-hydrogen) atoms. The zero-order valence-corrected chi connectivity index (χ0v) is 13.7. The summed E-state index contributed by atoms with van der Waals surface area (Å²) in [6.45, 7) is 0.431. The van der Waals surface area contributed by atoms with E-state index in [9.17, 15) is 13.2 Å². The Balaban J connectivity index is 1.72. The molecule has 3 aromatic rings. The van der Waals surface area contributed by atoms with Crippen LogP contribution in [0.15, 0.2) is 67.0 Å². The van der Waals surface area contributed by atoms with Crippen LogP contribution in [0.4, 0.5) is 19.0 Å². The second-order valence-corrected chi connectivity index (χ2v) is 5.49. The lowest BCUT2D eigenvalue weighted by molar-refractivity contribution is -0.137. The number of nitrogens with one attached hydrogen (secondary N) is 1. The first-order chi connectivity index (χ1) is 12.5. The lowest BCUT2D eigenvalue weighted by atomic mass is 10.2. The summed E-state index contributed by atoms with van der Waals surface area (Å²) in [5.74, 6) is 0.145. The Morgan fingerprint density at radius 3 is 2.38 bits per heavy atom. The van der Waals surface area contributed by atoms with E-state index in [0.717, 1.165) is 11.6 Å². The third kappa shape index (κ3) is 4.50. The van der Waals surface area contributed by atoms with Gasteiger partial charge in [-0.05, 0) is 23.8 Å². The smallest absolute Gasteiger partial charge is 0.419 e. The maximum Gasteiger partial charge on any atom is 0.419 e. The SMILES string of the molecule is FC(F)(F)c1cccnc1NCc1cccnc1OCc1ccccc1. The molecule has 0 fully saturated rings. The van der Waals surface area contributed by atoms with Crippen molar-refractivity contribution in [2.24, 2.45) is 0 Å². The molecule has 0 unspecified atom stereocenters. The number of benzene rings is 1. The van der Waals surface area contributed by atoms with E-state index in [1.54, 1.807) is 18.3 Å². The molecule has 0 amide bonds. The summed E-state index contributed by atoms with van der Waals surface area (Å²) >= 11 is 0. The molecule has 0 saturated heterocycles. The topological polar surface area (TPSA) is 47.0 Å². The zero-order chi connectivity index (χ0) is 18.4. The van der Waals surface area contributed by atoms with Gasteiger partial charge in [-0.1, -0.05) is 36.4 Å². The summed E-state index contributed by atoms with van der Waals surface area (Å²) in [5.41, 5.74) is 0.805. The van der Waals surface area contributed by atoms with Gasteiger partial charge in [0.15, 0.2) is 0 Å². The van der Waals surface area contributed by atoms with E-state index in [0.29, 0.717) is 18.1 Å². The van der Waals surface area contributed by atoms with Crippen molar-refractivity contribution in [1.82, 2.24) is 9.97 Å². The van der Waals surface area contributed by atoms with Crippen LogP contribution in [0.2, 0.25) is 0 Å². The third-order valence-corrected chi connectivity index (χ3v) is 3.63. The van der Waals surface area contributed by atoms with E-state index in [2.05, 4.69) is 15.3 Å². The number of ether oxygens (including phenoxy) is 1. The molecule has 0 aliphatic carbocycles. The summed E-state index contributed by atoms with van der Waals surface area (Å²) in [7, 11) is 0. The van der Waals surface area contributed by atoms with Gasteiger partial charge < -0.3 is 10.1 Å². The molecule has 1 N–H and O–H groups in total. The summed E-state index contributed by atoms with van der Waals surface area (Å²) in [4.78, 5) is 7.96. The highest BCUT2D eigenvalue weighted by atomic mass is 19.4. The molecule has 4 nitrogen and oxygen atoms in total. The van der Waals surface area contributed by atoms with Crippen molar-refractivity contribution < 1.29 is 17.9 Å². The van der Waals surface area contributed by atoms with Crippen molar-refractivity contribution in [3.8, 4) is 5.88 Å². The lowest BCUT2D eigenvalue weighted by Crippen LogP contribution is -2.12. The number of anilines is 1. The van der Waals surface area contributed by atoms with Crippen LogP contribution in [0.5, 0.6) is 5.88 Å². The van der Waals surface area contributed by atoms with Crippen LogP contribution in [0, 0.1) is 0 Å². The van der Waals surface area contributed by atoms with E-state index in [-0.39, 0.29) is 12.4 Å². The highest BCUT2D eigenvalue weighted by Crippen LogP contribution is 2.33. The molecule has 7 heteroatoms. The first-order valence-electron chi connectivity index (χ1n) is 7.91. The van der Waals surface area contributed by atoms with E-state index >= 15 is 0 Å². The monoisotopic (exact) mass is 359 g/mol. The Kier molecular flexibility index (Phi) is 5.36. The van der Waals surface area contributed by atoms with Crippen LogP contribution >= 0.6 is 0 Å². The van der Waals surface area contributed by atoms with Gasteiger partial charge in [0.25, 0.3) is 0 Å². The van der Waals surface area contributed by atoms with Crippen LogP contribution in [-0.4, -0.2) is 9.97 Å². The molecule has 3 rings (SSSR count). The Morgan fingerprint density at radius 2 is 1.62 bits per heavy atom. The number of rotatable bonds is 6. The van der Waals surface area contributed by atoms with Gasteiger partial charge in [-0.25, -0.2) is 9.97 Å². The molecule has 2 aromatic heterocycles. The fourth-order valence-electron chi connectivity index (χ4n) is 2.37. The fourth-order valence-corrected chi connectivity index (χ4v) is 2.37. The first kappa shape index (κ1) is 17.7. The number of hydrogen-bond donors (Lipinski definition) is 1. The van der Waals surface area contributed by atoms with Gasteiger partial charge in [-0.3, -0.25) is 0 Å². The Bertz CT molecular complexity index is 854. The number of aromatic nitrogens is 2. The molecule has 0 saturated carbocycles. The van der Waals surface area contributed by atoms with Gasteiger partial charge >= 0.3 is 6.18 Å². The Hall–Kier alpha value is -3.09. The Labute approximate surface area is 148 Å². The van der Waals surface area contributed by atoms with Gasteiger partial charge in [-0.2, -0.15) is 13.2 Å². The second-order valence-electron chi connectivity index (χ2n) is 5.49. The molecular formula is C19H16F3N3O. The molecule has 2 heterocycles. The summed E-state index contributed by atoms with van der Waals surface area (Å²) in [6.07, 6.45) is -1.59. The largest absolute Gasteiger partial charge is 0.473 e. The highest BCUT2D eigenvalue weighted by molar-refractivity contribution is 5.46. The summed E-state index contributed by atoms with van der Waals surface area (Å²) in [6, 6.07) is 15.3. The van der Waals surface area contributed by atoms with E-state index < -0.39 is 11.7 Å². The maximum atomic E-state index is 13.0. The Morgan fingerprint density at radius 1 is 0.885 bits per heavy atom. The molecular weight excluding hydrogens is 343 g/mol. The molecule has 0 atom stereocenters. The van der Waals surface area contributed by atoms with Crippen molar-refractivity contribution in [1.29, 1.82) is 0 Å². The van der Waals surface area contributed by atoms with Crippen LogP contribution < -0.4 is 10.1 Å². The van der Waals surface area contributed by atoms with Gasteiger partial charge in [0, 0.05) is 24.5 Å². The molecule has 0 aliphatic heterocycles. The number of alkyl halides is 3. The maximum absolute atomic E-state index is 13.0. The van der Waals surface area contributed by atoms with Crippen molar-refractivity contribution in [2.45, 2.75) is 19.3 Å². The minimum absolute atomic E-state index is 0.109. The van der Waals surface area contributed by atoms with Crippen molar-refractivity contribution >= 4 is 5.82 Å². The second kappa shape index (κ2) is 7.86. The first-order valence-corrected chi connectivity index (χ1v) is 7.91. The van der Waals surface area contributed by atoms with E-state index in [4.69, 9.17) is 4.74 Å². The predicted molar refractivity (Wildman–Crippen MR) is 91.6 cm³/mol. The number of halogens is 3. The molecule has 0 bridgehead atoms. The average molecular weight is 359 g/mol. The normalized spacial score (nSPS) is 11.2. The van der Waals surface area contributed by atoms with Crippen LogP contribution in [0.1, 0.15) is 16.7 Å². The summed E-state index contributed by atoms with van der Waals surface area (Å²) in [5, 5.41) is 2.72. The van der Waals surface area contributed by atoms with E-state index in [1.807, 2.05) is 30.3 Å². The van der Waals surface area contributed by atoms with Crippen LogP contribution in [0.25, 0.3) is 0 Å². The summed E-state index contributed by atoms with van der Waals surface area (Å²) < 4.78 is 44.9. The van der Waals surface area contributed by atoms with E-state index in [1.165, 1.54) is 12.3 Å². The zero-order valence-electron chi connectivity index (χ0n) is 13.7. The fraction of sp³-hybridized carbons (Fsp3) is 0.158. The minimum atomic E-state index is -4.47. The highest BCUT2D eigenvalue weighted by Gasteiger charge is 2.34. The van der Waals surface area contributed by atoms with Gasteiger partial charge in [-0.15, -0.1) is 0 Å².